The first kappa shape index (κ1) is 14.1. The highest BCUT2D eigenvalue weighted by Crippen LogP contribution is 2.42. The van der Waals surface area contributed by atoms with Gasteiger partial charge in [-0.25, -0.2) is 0 Å². The first-order valence-electron chi connectivity index (χ1n) is 5.95. The molecule has 0 spiro atoms. The third kappa shape index (κ3) is 2.69. The van der Waals surface area contributed by atoms with E-state index in [4.69, 9.17) is 14.6 Å². The Morgan fingerprint density at radius 2 is 2.00 bits per heavy atom. The zero-order chi connectivity index (χ0) is 14.0. The minimum absolute atomic E-state index is 0.0551. The van der Waals surface area contributed by atoms with Gasteiger partial charge in [0.15, 0.2) is 0 Å². The fourth-order valence-corrected chi connectivity index (χ4v) is 3.13. The van der Waals surface area contributed by atoms with Crippen LogP contribution in [-0.4, -0.2) is 31.8 Å². The van der Waals surface area contributed by atoms with Gasteiger partial charge in [-0.3, -0.25) is 4.79 Å². The van der Waals surface area contributed by atoms with Gasteiger partial charge in [0.1, 0.15) is 11.5 Å². The summed E-state index contributed by atoms with van der Waals surface area (Å²) in [6.45, 7) is 0.465. The van der Waals surface area contributed by atoms with E-state index >= 15 is 0 Å². The van der Waals surface area contributed by atoms with Crippen molar-refractivity contribution in [2.24, 2.45) is 5.92 Å². The van der Waals surface area contributed by atoms with Gasteiger partial charge in [0.05, 0.1) is 24.6 Å². The summed E-state index contributed by atoms with van der Waals surface area (Å²) in [6, 6.07) is 3.59. The lowest BCUT2D eigenvalue weighted by Crippen LogP contribution is -2.17. The fourth-order valence-electron chi connectivity index (χ4n) is 2.36. The van der Waals surface area contributed by atoms with Gasteiger partial charge in [-0.05, 0) is 34.5 Å². The number of halogens is 1. The van der Waals surface area contributed by atoms with Crippen molar-refractivity contribution in [1.29, 1.82) is 0 Å². The van der Waals surface area contributed by atoms with Gasteiger partial charge in [-0.15, -0.1) is 0 Å². The first-order valence-corrected chi connectivity index (χ1v) is 6.74. The Bertz CT molecular complexity index is 492. The second kappa shape index (κ2) is 5.79. The highest BCUT2D eigenvalue weighted by molar-refractivity contribution is 9.10. The number of nitrogens with one attached hydrogen (secondary N) is 1. The Hall–Kier alpha value is -1.27. The smallest absolute Gasteiger partial charge is 0.307 e. The number of benzene rings is 1. The third-order valence-corrected chi connectivity index (χ3v) is 4.19. The highest BCUT2D eigenvalue weighted by Gasteiger charge is 2.33. The molecule has 104 valence electrons. The Kier molecular flexibility index (Phi) is 4.31. The molecule has 0 saturated carbocycles. The molecule has 6 heteroatoms. The van der Waals surface area contributed by atoms with E-state index in [0.29, 0.717) is 18.7 Å². The highest BCUT2D eigenvalue weighted by atomic mass is 79.9. The summed E-state index contributed by atoms with van der Waals surface area (Å²) in [7, 11) is 3.19. The van der Waals surface area contributed by atoms with Crippen molar-refractivity contribution in [3.05, 3.63) is 22.2 Å². The lowest BCUT2D eigenvalue weighted by Gasteiger charge is -2.18. The molecule has 19 heavy (non-hydrogen) atoms. The lowest BCUT2D eigenvalue weighted by atomic mass is 9.99. The van der Waals surface area contributed by atoms with E-state index in [1.54, 1.807) is 14.2 Å². The summed E-state index contributed by atoms with van der Waals surface area (Å²) >= 11 is 3.51. The summed E-state index contributed by atoms with van der Waals surface area (Å²) < 4.78 is 11.4. The molecule has 0 bridgehead atoms. The molecule has 2 N–H and O–H groups in total. The van der Waals surface area contributed by atoms with Gasteiger partial charge in [-0.2, -0.15) is 0 Å². The number of hydrogen-bond acceptors (Lipinski definition) is 4. The van der Waals surface area contributed by atoms with Crippen LogP contribution in [0.4, 0.5) is 0 Å². The van der Waals surface area contributed by atoms with Crippen LogP contribution in [0.25, 0.3) is 0 Å². The quantitative estimate of drug-likeness (QED) is 0.886. The Balaban J connectivity index is 2.36. The molecule has 1 heterocycles. The number of hydrogen-bond donors (Lipinski definition) is 2. The average Bonchev–Trinajstić information content (AvgIpc) is 2.87. The van der Waals surface area contributed by atoms with Crippen LogP contribution in [0.5, 0.6) is 11.5 Å². The Morgan fingerprint density at radius 1 is 1.37 bits per heavy atom. The summed E-state index contributed by atoms with van der Waals surface area (Å²) in [5, 5.41) is 12.3. The third-order valence-electron chi connectivity index (χ3n) is 3.37. The van der Waals surface area contributed by atoms with Crippen LogP contribution in [0.1, 0.15) is 18.0 Å². The second-order valence-electron chi connectivity index (χ2n) is 4.43. The van der Waals surface area contributed by atoms with Crippen LogP contribution in [0, 0.1) is 5.92 Å². The van der Waals surface area contributed by atoms with Gasteiger partial charge >= 0.3 is 5.97 Å². The number of aliphatic carboxylic acids is 1. The molecule has 1 saturated heterocycles. The van der Waals surface area contributed by atoms with Gasteiger partial charge in [0.2, 0.25) is 0 Å². The monoisotopic (exact) mass is 329 g/mol. The molecule has 1 aliphatic heterocycles. The van der Waals surface area contributed by atoms with E-state index < -0.39 is 5.97 Å². The molecule has 1 aromatic rings. The van der Waals surface area contributed by atoms with Crippen LogP contribution in [0.3, 0.4) is 0 Å². The lowest BCUT2D eigenvalue weighted by molar-refractivity contribution is -0.141. The van der Waals surface area contributed by atoms with Crippen LogP contribution < -0.4 is 14.8 Å². The molecule has 1 aromatic carbocycles. The Labute approximate surface area is 120 Å². The number of carboxylic acid groups (broad SMARTS) is 1. The van der Waals surface area contributed by atoms with Crippen molar-refractivity contribution in [1.82, 2.24) is 5.32 Å². The molecular weight excluding hydrogens is 314 g/mol. The van der Waals surface area contributed by atoms with Crippen LogP contribution in [-0.2, 0) is 4.79 Å². The van der Waals surface area contributed by atoms with Gasteiger partial charge in [-0.1, -0.05) is 0 Å². The zero-order valence-corrected chi connectivity index (χ0v) is 12.4. The van der Waals surface area contributed by atoms with E-state index in [-0.39, 0.29) is 12.0 Å². The minimum atomic E-state index is -0.770. The van der Waals surface area contributed by atoms with Gasteiger partial charge in [0, 0.05) is 18.2 Å². The predicted octanol–water partition coefficient (Wildman–Crippen LogP) is 2.20. The molecule has 0 radical (unpaired) electrons. The van der Waals surface area contributed by atoms with E-state index in [0.717, 1.165) is 15.8 Å². The van der Waals surface area contributed by atoms with E-state index in [1.807, 2.05) is 12.1 Å². The number of ether oxygens (including phenoxy) is 2. The maximum Gasteiger partial charge on any atom is 0.307 e. The molecule has 1 fully saturated rings. The SMILES string of the molecule is COc1ccc(OC)c(C2CC(C(=O)O)CN2)c1Br. The average molecular weight is 330 g/mol. The van der Waals surface area contributed by atoms with E-state index in [1.165, 1.54) is 0 Å². The van der Waals surface area contributed by atoms with Crippen molar-refractivity contribution in [3.63, 3.8) is 0 Å². The molecule has 2 atom stereocenters. The Morgan fingerprint density at radius 3 is 2.53 bits per heavy atom. The number of carboxylic acids is 1. The molecule has 5 nitrogen and oxygen atoms in total. The molecule has 2 unspecified atom stereocenters. The predicted molar refractivity (Wildman–Crippen MR) is 73.7 cm³/mol. The summed E-state index contributed by atoms with van der Waals surface area (Å²) in [6.07, 6.45) is 0.539. The first-order chi connectivity index (χ1) is 9.08. The zero-order valence-electron chi connectivity index (χ0n) is 10.8. The fraction of sp³-hybridized carbons (Fsp3) is 0.462. The van der Waals surface area contributed by atoms with Crippen molar-refractivity contribution in [2.45, 2.75) is 12.5 Å². The molecule has 2 rings (SSSR count). The largest absolute Gasteiger partial charge is 0.496 e. The number of rotatable bonds is 4. The number of carbonyl (C=O) groups is 1. The molecule has 0 aliphatic carbocycles. The molecular formula is C13H16BrNO4. The van der Waals surface area contributed by atoms with E-state index in [9.17, 15) is 4.79 Å². The van der Waals surface area contributed by atoms with E-state index in [2.05, 4.69) is 21.2 Å². The standard InChI is InChI=1S/C13H16BrNO4/c1-18-9-3-4-10(19-2)12(14)11(9)8-5-7(6-15-8)13(16)17/h3-4,7-8,15H,5-6H2,1-2H3,(H,16,17). The van der Waals surface area contributed by atoms with Crippen molar-refractivity contribution in [3.8, 4) is 11.5 Å². The minimum Gasteiger partial charge on any atom is -0.496 e. The molecule has 1 aliphatic rings. The van der Waals surface area contributed by atoms with Gasteiger partial charge in [0.25, 0.3) is 0 Å². The second-order valence-corrected chi connectivity index (χ2v) is 5.22. The van der Waals surface area contributed by atoms with Gasteiger partial charge < -0.3 is 19.9 Å². The van der Waals surface area contributed by atoms with Crippen molar-refractivity contribution in [2.75, 3.05) is 20.8 Å². The maximum absolute atomic E-state index is 11.0. The molecule has 0 amide bonds. The maximum atomic E-state index is 11.0. The number of methoxy groups -OCH3 is 2. The summed E-state index contributed by atoms with van der Waals surface area (Å²) in [5.74, 6) is 0.286. The van der Waals surface area contributed by atoms with Crippen LogP contribution >= 0.6 is 15.9 Å². The topological polar surface area (TPSA) is 67.8 Å². The van der Waals surface area contributed by atoms with Crippen LogP contribution in [0.2, 0.25) is 0 Å². The van der Waals surface area contributed by atoms with Crippen molar-refractivity contribution < 1.29 is 19.4 Å². The van der Waals surface area contributed by atoms with Crippen molar-refractivity contribution >= 4 is 21.9 Å². The van der Waals surface area contributed by atoms with Crippen LogP contribution in [0.15, 0.2) is 16.6 Å². The summed E-state index contributed by atoms with van der Waals surface area (Å²) in [4.78, 5) is 11.0. The molecule has 0 aromatic heterocycles. The normalized spacial score (nSPS) is 22.3. The summed E-state index contributed by atoms with van der Waals surface area (Å²) in [5.41, 5.74) is 0.908.